The third-order valence-electron chi connectivity index (χ3n) is 6.12. The SMILES string of the molecule is CCCCCC1CCC(c2ccc(C(=O)NNC(=O)c3ccccc3Cl)cc2)CC1. The highest BCUT2D eigenvalue weighted by Gasteiger charge is 2.22. The number of carbonyl (C=O) groups excluding carboxylic acids is 2. The Morgan fingerprint density at radius 1 is 0.900 bits per heavy atom. The van der Waals surface area contributed by atoms with Gasteiger partial charge in [0.1, 0.15) is 0 Å². The second-order valence-corrected chi connectivity index (χ2v) is 8.63. The lowest BCUT2D eigenvalue weighted by atomic mass is 9.77. The first-order valence-corrected chi connectivity index (χ1v) is 11.4. The summed E-state index contributed by atoms with van der Waals surface area (Å²) in [5.74, 6) is 0.687. The molecule has 30 heavy (non-hydrogen) atoms. The lowest BCUT2D eigenvalue weighted by molar-refractivity contribution is 0.0846. The Hall–Kier alpha value is -2.33. The van der Waals surface area contributed by atoms with Gasteiger partial charge in [-0.2, -0.15) is 0 Å². The molecule has 0 saturated heterocycles. The minimum absolute atomic E-state index is 0.320. The third-order valence-corrected chi connectivity index (χ3v) is 6.44. The van der Waals surface area contributed by atoms with Crippen LogP contribution >= 0.6 is 11.6 Å². The van der Waals surface area contributed by atoms with Crippen LogP contribution in [0.25, 0.3) is 0 Å². The lowest BCUT2D eigenvalue weighted by Gasteiger charge is -2.29. The zero-order valence-electron chi connectivity index (χ0n) is 17.6. The van der Waals surface area contributed by atoms with E-state index < -0.39 is 5.91 Å². The van der Waals surface area contributed by atoms with Crippen molar-refractivity contribution in [3.8, 4) is 0 Å². The van der Waals surface area contributed by atoms with Crippen molar-refractivity contribution in [2.45, 2.75) is 64.2 Å². The molecule has 3 rings (SSSR count). The van der Waals surface area contributed by atoms with Crippen molar-refractivity contribution >= 4 is 23.4 Å². The van der Waals surface area contributed by atoms with Crippen LogP contribution < -0.4 is 10.9 Å². The molecule has 1 fully saturated rings. The van der Waals surface area contributed by atoms with Gasteiger partial charge >= 0.3 is 0 Å². The number of hydrogen-bond acceptors (Lipinski definition) is 2. The van der Waals surface area contributed by atoms with Crippen LogP contribution in [0.3, 0.4) is 0 Å². The maximum Gasteiger partial charge on any atom is 0.271 e. The fourth-order valence-corrected chi connectivity index (χ4v) is 4.49. The number of benzene rings is 2. The molecule has 2 N–H and O–H groups in total. The Kier molecular flexibility index (Phi) is 8.32. The van der Waals surface area contributed by atoms with Crippen LogP contribution in [0.15, 0.2) is 48.5 Å². The van der Waals surface area contributed by atoms with Gasteiger partial charge in [0.2, 0.25) is 0 Å². The molecule has 5 heteroatoms. The number of halogens is 1. The monoisotopic (exact) mass is 426 g/mol. The van der Waals surface area contributed by atoms with Gasteiger partial charge in [-0.3, -0.25) is 20.4 Å². The molecule has 0 aromatic heterocycles. The van der Waals surface area contributed by atoms with E-state index in [1.54, 1.807) is 24.3 Å². The van der Waals surface area contributed by atoms with Crippen LogP contribution in [-0.4, -0.2) is 11.8 Å². The molecule has 2 amide bonds. The summed E-state index contributed by atoms with van der Waals surface area (Å²) < 4.78 is 0. The minimum atomic E-state index is -0.443. The van der Waals surface area contributed by atoms with Crippen molar-refractivity contribution in [3.63, 3.8) is 0 Å². The van der Waals surface area contributed by atoms with Gasteiger partial charge in [-0.1, -0.05) is 68.5 Å². The lowest BCUT2D eigenvalue weighted by Crippen LogP contribution is -2.41. The van der Waals surface area contributed by atoms with Crippen molar-refractivity contribution in [2.24, 2.45) is 5.92 Å². The van der Waals surface area contributed by atoms with Crippen LogP contribution in [0.4, 0.5) is 0 Å². The zero-order valence-corrected chi connectivity index (χ0v) is 18.4. The predicted molar refractivity (Wildman–Crippen MR) is 122 cm³/mol. The Morgan fingerprint density at radius 3 is 2.23 bits per heavy atom. The van der Waals surface area contributed by atoms with Crippen molar-refractivity contribution in [2.75, 3.05) is 0 Å². The summed E-state index contributed by atoms with van der Waals surface area (Å²) in [6, 6.07) is 14.5. The van der Waals surface area contributed by atoms with E-state index in [2.05, 4.69) is 17.8 Å². The highest BCUT2D eigenvalue weighted by molar-refractivity contribution is 6.33. The van der Waals surface area contributed by atoms with Crippen LogP contribution in [0.2, 0.25) is 5.02 Å². The van der Waals surface area contributed by atoms with E-state index in [0.29, 0.717) is 22.1 Å². The summed E-state index contributed by atoms with van der Waals surface area (Å²) in [6.45, 7) is 2.26. The summed E-state index contributed by atoms with van der Waals surface area (Å²) in [7, 11) is 0. The fourth-order valence-electron chi connectivity index (χ4n) is 4.27. The summed E-state index contributed by atoms with van der Waals surface area (Å²) in [5.41, 5.74) is 7.02. The topological polar surface area (TPSA) is 58.2 Å². The standard InChI is InChI=1S/C25H31ClN2O2/c1-2-3-4-7-18-10-12-19(13-11-18)20-14-16-21(17-15-20)24(29)27-28-25(30)22-8-5-6-9-23(22)26/h5-6,8-9,14-19H,2-4,7,10-13H2,1H3,(H,27,29)(H,28,30). The smallest absolute Gasteiger partial charge is 0.267 e. The molecule has 2 aromatic rings. The number of nitrogens with one attached hydrogen (secondary N) is 2. The number of amides is 2. The number of unbranched alkanes of at least 4 members (excludes halogenated alkanes) is 2. The van der Waals surface area contributed by atoms with Crippen molar-refractivity contribution in [1.82, 2.24) is 10.9 Å². The van der Waals surface area contributed by atoms with Crippen LogP contribution in [0, 0.1) is 5.92 Å². The average Bonchev–Trinajstić information content (AvgIpc) is 2.78. The zero-order chi connectivity index (χ0) is 21.3. The quantitative estimate of drug-likeness (QED) is 0.405. The van der Waals surface area contributed by atoms with Gasteiger partial charge < -0.3 is 0 Å². The molecule has 0 heterocycles. The fraction of sp³-hybridized carbons (Fsp3) is 0.440. The molecule has 0 aliphatic heterocycles. The van der Waals surface area contributed by atoms with Crippen molar-refractivity contribution in [1.29, 1.82) is 0 Å². The first kappa shape index (κ1) is 22.4. The first-order chi connectivity index (χ1) is 14.6. The van der Waals surface area contributed by atoms with Crippen molar-refractivity contribution < 1.29 is 9.59 Å². The largest absolute Gasteiger partial charge is 0.271 e. The molecule has 1 saturated carbocycles. The van der Waals surface area contributed by atoms with Crippen LogP contribution in [0.5, 0.6) is 0 Å². The van der Waals surface area contributed by atoms with Crippen LogP contribution in [0.1, 0.15) is 90.5 Å². The number of hydrazine groups is 1. The first-order valence-electron chi connectivity index (χ1n) is 11.0. The number of carbonyl (C=O) groups is 2. The molecule has 0 atom stereocenters. The Morgan fingerprint density at radius 2 is 1.57 bits per heavy atom. The van der Waals surface area contributed by atoms with E-state index in [9.17, 15) is 9.59 Å². The molecule has 0 spiro atoms. The van der Waals surface area contributed by atoms with Crippen LogP contribution in [-0.2, 0) is 0 Å². The van der Waals surface area contributed by atoms with E-state index in [1.165, 1.54) is 56.9 Å². The number of rotatable bonds is 7. The summed E-state index contributed by atoms with van der Waals surface area (Å²) in [6.07, 6.45) is 10.5. The van der Waals surface area contributed by atoms with Gasteiger partial charge in [0.15, 0.2) is 0 Å². The molecule has 0 unspecified atom stereocenters. The van der Waals surface area contributed by atoms with E-state index in [4.69, 9.17) is 11.6 Å². The minimum Gasteiger partial charge on any atom is -0.267 e. The van der Waals surface area contributed by atoms with E-state index in [0.717, 1.165) is 5.92 Å². The second-order valence-electron chi connectivity index (χ2n) is 8.22. The summed E-state index contributed by atoms with van der Waals surface area (Å²) >= 11 is 6.01. The third kappa shape index (κ3) is 6.09. The predicted octanol–water partition coefficient (Wildman–Crippen LogP) is 6.27. The normalized spacial score (nSPS) is 18.6. The number of hydrogen-bond donors (Lipinski definition) is 2. The summed E-state index contributed by atoms with van der Waals surface area (Å²) in [4.78, 5) is 24.5. The van der Waals surface area contributed by atoms with Gasteiger partial charge in [-0.25, -0.2) is 0 Å². The van der Waals surface area contributed by atoms with E-state index >= 15 is 0 Å². The average molecular weight is 427 g/mol. The Balaban J connectivity index is 1.48. The van der Waals surface area contributed by atoms with Gasteiger partial charge in [-0.15, -0.1) is 0 Å². The molecule has 0 bridgehead atoms. The Labute approximate surface area is 184 Å². The van der Waals surface area contributed by atoms with E-state index in [-0.39, 0.29) is 5.91 Å². The molecule has 1 aliphatic rings. The maximum absolute atomic E-state index is 12.4. The van der Waals surface area contributed by atoms with E-state index in [1.807, 2.05) is 24.3 Å². The molecule has 1 aliphatic carbocycles. The molecular weight excluding hydrogens is 396 g/mol. The van der Waals surface area contributed by atoms with Gasteiger partial charge in [0, 0.05) is 5.56 Å². The van der Waals surface area contributed by atoms with Gasteiger partial charge in [-0.05, 0) is 67.3 Å². The molecule has 2 aromatic carbocycles. The maximum atomic E-state index is 12.4. The highest BCUT2D eigenvalue weighted by atomic mass is 35.5. The molecular formula is C25H31ClN2O2. The Bertz CT molecular complexity index is 842. The molecule has 0 radical (unpaired) electrons. The van der Waals surface area contributed by atoms with Gasteiger partial charge in [0.25, 0.3) is 11.8 Å². The van der Waals surface area contributed by atoms with Crippen molar-refractivity contribution in [3.05, 3.63) is 70.2 Å². The highest BCUT2D eigenvalue weighted by Crippen LogP contribution is 2.37. The van der Waals surface area contributed by atoms with Gasteiger partial charge in [0.05, 0.1) is 10.6 Å². The second kappa shape index (κ2) is 11.2. The molecule has 160 valence electrons. The summed E-state index contributed by atoms with van der Waals surface area (Å²) in [5, 5.41) is 0.341. The molecule has 4 nitrogen and oxygen atoms in total.